The average molecular weight is 353 g/mol. The van der Waals surface area contributed by atoms with Crippen LogP contribution in [0, 0.1) is 11.3 Å². The lowest BCUT2D eigenvalue weighted by molar-refractivity contribution is -0.0413. The second-order valence-corrected chi connectivity index (χ2v) is 8.87. The predicted molar refractivity (Wildman–Crippen MR) is 98.5 cm³/mol. The zero-order valence-electron chi connectivity index (χ0n) is 15.3. The minimum Gasteiger partial charge on any atom is -0.393 e. The molecule has 0 saturated heterocycles. The van der Waals surface area contributed by atoms with E-state index in [1.807, 2.05) is 24.8 Å². The molecule has 5 heteroatoms. The third kappa shape index (κ3) is 2.37. The maximum absolute atomic E-state index is 11.0. The summed E-state index contributed by atoms with van der Waals surface area (Å²) in [5, 5.41) is 21.6. The molecule has 2 saturated carbocycles. The van der Waals surface area contributed by atoms with Gasteiger partial charge in [0.1, 0.15) is 0 Å². The van der Waals surface area contributed by atoms with Crippen LogP contribution in [0.25, 0.3) is 11.3 Å². The Bertz CT molecular complexity index is 818. The molecule has 0 aromatic carbocycles. The van der Waals surface area contributed by atoms with E-state index < -0.39 is 5.60 Å². The van der Waals surface area contributed by atoms with Gasteiger partial charge in [0.25, 0.3) is 0 Å². The Morgan fingerprint density at radius 3 is 2.77 bits per heavy atom. The fraction of sp³-hybridized carbons (Fsp3) is 0.619. The topological polar surface area (TPSA) is 71.2 Å². The standard InChI is InChI=1S/C21H27N3O2/c1-20(21(26)8-9-21)6-4-14(5-7-20)18(25)11-16-19-15(3-2-10-23-19)17-12-22-13-24(16)17/h2-3,10,12-14,16,18,25-26H,4-9,11H2,1H3/t14?,16-,18+,20?/m1/s1. The Morgan fingerprint density at radius 2 is 2.04 bits per heavy atom. The summed E-state index contributed by atoms with van der Waals surface area (Å²) >= 11 is 0. The molecule has 2 aromatic heterocycles. The molecule has 3 aliphatic rings. The van der Waals surface area contributed by atoms with Crippen molar-refractivity contribution in [2.24, 2.45) is 11.3 Å². The number of rotatable bonds is 4. The molecule has 2 atom stereocenters. The third-order valence-electron chi connectivity index (χ3n) is 7.42. The maximum Gasteiger partial charge on any atom is 0.0957 e. The van der Waals surface area contributed by atoms with Gasteiger partial charge in [0.2, 0.25) is 0 Å². The molecule has 2 N–H and O–H groups in total. The Kier molecular flexibility index (Phi) is 3.57. The summed E-state index contributed by atoms with van der Waals surface area (Å²) in [7, 11) is 0. The van der Waals surface area contributed by atoms with E-state index in [1.54, 1.807) is 0 Å². The smallest absolute Gasteiger partial charge is 0.0957 e. The Balaban J connectivity index is 1.30. The normalized spacial score (nSPS) is 32.7. The lowest BCUT2D eigenvalue weighted by Crippen LogP contribution is -2.40. The fourth-order valence-electron chi connectivity index (χ4n) is 5.29. The Labute approximate surface area is 154 Å². The van der Waals surface area contributed by atoms with E-state index in [0.29, 0.717) is 12.3 Å². The van der Waals surface area contributed by atoms with E-state index in [2.05, 4.69) is 27.5 Å². The maximum atomic E-state index is 11.0. The van der Waals surface area contributed by atoms with Crippen LogP contribution in [0.3, 0.4) is 0 Å². The summed E-state index contributed by atoms with van der Waals surface area (Å²) in [5.41, 5.74) is 2.90. The highest BCUT2D eigenvalue weighted by molar-refractivity contribution is 5.66. The lowest BCUT2D eigenvalue weighted by atomic mass is 9.66. The molecule has 26 heavy (non-hydrogen) atoms. The monoisotopic (exact) mass is 353 g/mol. The predicted octanol–water partition coefficient (Wildman–Crippen LogP) is 3.32. The summed E-state index contributed by atoms with van der Waals surface area (Å²) in [5.74, 6) is 0.310. The lowest BCUT2D eigenvalue weighted by Gasteiger charge is -2.42. The first-order chi connectivity index (χ1) is 12.5. The molecule has 0 bridgehead atoms. The van der Waals surface area contributed by atoms with E-state index in [-0.39, 0.29) is 17.6 Å². The average Bonchev–Trinajstić information content (AvgIpc) is 3.14. The zero-order chi connectivity index (χ0) is 17.9. The van der Waals surface area contributed by atoms with Crippen molar-refractivity contribution in [1.82, 2.24) is 14.5 Å². The van der Waals surface area contributed by atoms with Crippen LogP contribution in [-0.2, 0) is 0 Å². The van der Waals surface area contributed by atoms with Crippen LogP contribution in [-0.4, -0.2) is 36.5 Å². The molecule has 138 valence electrons. The molecule has 0 radical (unpaired) electrons. The first kappa shape index (κ1) is 16.5. The van der Waals surface area contributed by atoms with E-state index in [1.165, 1.54) is 0 Å². The number of aliphatic hydroxyl groups excluding tert-OH is 1. The number of aromatic nitrogens is 3. The van der Waals surface area contributed by atoms with Gasteiger partial charge in [-0.2, -0.15) is 0 Å². The van der Waals surface area contributed by atoms with Gasteiger partial charge >= 0.3 is 0 Å². The van der Waals surface area contributed by atoms with Gasteiger partial charge in [0, 0.05) is 18.2 Å². The van der Waals surface area contributed by atoms with Gasteiger partial charge in [0.05, 0.1) is 41.7 Å². The molecule has 2 aliphatic carbocycles. The van der Waals surface area contributed by atoms with Gasteiger partial charge in [-0.25, -0.2) is 4.98 Å². The van der Waals surface area contributed by atoms with Crippen LogP contribution in [0.5, 0.6) is 0 Å². The zero-order valence-corrected chi connectivity index (χ0v) is 15.3. The molecular weight excluding hydrogens is 326 g/mol. The van der Waals surface area contributed by atoms with Crippen molar-refractivity contribution in [3.8, 4) is 11.3 Å². The first-order valence-electron chi connectivity index (χ1n) is 9.88. The van der Waals surface area contributed by atoms with Crippen LogP contribution in [0.15, 0.2) is 30.9 Å². The summed E-state index contributed by atoms with van der Waals surface area (Å²) in [4.78, 5) is 8.89. The summed E-state index contributed by atoms with van der Waals surface area (Å²) in [6.45, 7) is 2.23. The van der Waals surface area contributed by atoms with Gasteiger partial charge in [0.15, 0.2) is 0 Å². The molecule has 0 unspecified atom stereocenters. The molecule has 3 heterocycles. The number of hydrogen-bond acceptors (Lipinski definition) is 4. The van der Waals surface area contributed by atoms with E-state index in [0.717, 1.165) is 55.5 Å². The number of aliphatic hydroxyl groups is 2. The molecule has 5 rings (SSSR count). The van der Waals surface area contributed by atoms with Crippen molar-refractivity contribution in [1.29, 1.82) is 0 Å². The Morgan fingerprint density at radius 1 is 1.27 bits per heavy atom. The van der Waals surface area contributed by atoms with Crippen molar-refractivity contribution in [3.63, 3.8) is 0 Å². The van der Waals surface area contributed by atoms with E-state index in [4.69, 9.17) is 0 Å². The number of hydrogen-bond donors (Lipinski definition) is 2. The molecule has 1 aliphatic heterocycles. The van der Waals surface area contributed by atoms with Crippen molar-refractivity contribution in [2.45, 2.75) is 69.6 Å². The van der Waals surface area contributed by atoms with Crippen molar-refractivity contribution in [2.75, 3.05) is 0 Å². The van der Waals surface area contributed by atoms with Gasteiger partial charge in [-0.05, 0) is 62.0 Å². The van der Waals surface area contributed by atoms with Gasteiger partial charge in [-0.15, -0.1) is 0 Å². The Hall–Kier alpha value is -1.72. The minimum absolute atomic E-state index is 0.0439. The van der Waals surface area contributed by atoms with Crippen LogP contribution >= 0.6 is 0 Å². The number of nitrogens with zero attached hydrogens (tertiary/aromatic N) is 3. The van der Waals surface area contributed by atoms with E-state index in [9.17, 15) is 10.2 Å². The second-order valence-electron chi connectivity index (χ2n) is 8.87. The molecule has 2 aromatic rings. The largest absolute Gasteiger partial charge is 0.393 e. The summed E-state index contributed by atoms with van der Waals surface area (Å²) < 4.78 is 2.15. The van der Waals surface area contributed by atoms with Crippen LogP contribution in [0.1, 0.15) is 63.6 Å². The SMILES string of the molecule is CC1(C2(O)CC2)CCC([C@@H](O)C[C@@H]2c3ncccc3-c3cncn32)CC1. The fourth-order valence-corrected chi connectivity index (χ4v) is 5.29. The summed E-state index contributed by atoms with van der Waals surface area (Å²) in [6.07, 6.45) is 11.8. The molecule has 5 nitrogen and oxygen atoms in total. The minimum atomic E-state index is -0.428. The van der Waals surface area contributed by atoms with Crippen LogP contribution < -0.4 is 0 Å². The summed E-state index contributed by atoms with van der Waals surface area (Å²) in [6, 6.07) is 4.11. The quantitative estimate of drug-likeness (QED) is 0.884. The van der Waals surface area contributed by atoms with Gasteiger partial charge in [-0.3, -0.25) is 4.98 Å². The van der Waals surface area contributed by atoms with Crippen molar-refractivity contribution < 1.29 is 10.2 Å². The van der Waals surface area contributed by atoms with Crippen LogP contribution in [0.2, 0.25) is 0 Å². The molecule has 0 amide bonds. The van der Waals surface area contributed by atoms with Crippen molar-refractivity contribution >= 4 is 0 Å². The third-order valence-corrected chi connectivity index (χ3v) is 7.42. The number of imidazole rings is 1. The second kappa shape index (κ2) is 5.64. The number of pyridine rings is 1. The van der Waals surface area contributed by atoms with Crippen LogP contribution in [0.4, 0.5) is 0 Å². The first-order valence-corrected chi connectivity index (χ1v) is 9.88. The molecule has 0 spiro atoms. The highest BCUT2D eigenvalue weighted by atomic mass is 16.3. The number of fused-ring (bicyclic) bond motifs is 3. The molecular formula is C21H27N3O2. The highest BCUT2D eigenvalue weighted by Gasteiger charge is 2.56. The van der Waals surface area contributed by atoms with E-state index >= 15 is 0 Å². The highest BCUT2D eigenvalue weighted by Crippen LogP contribution is 2.57. The molecule has 2 fully saturated rings. The van der Waals surface area contributed by atoms with Gasteiger partial charge < -0.3 is 14.8 Å². The van der Waals surface area contributed by atoms with Gasteiger partial charge in [-0.1, -0.05) is 6.92 Å². The van der Waals surface area contributed by atoms with Crippen molar-refractivity contribution in [3.05, 3.63) is 36.5 Å².